The van der Waals surface area contributed by atoms with Gasteiger partial charge in [-0.25, -0.2) is 9.59 Å². The van der Waals surface area contributed by atoms with E-state index in [4.69, 9.17) is 9.47 Å². The first-order valence-corrected chi connectivity index (χ1v) is 11.9. The SMILES string of the molecule is CCCCc1ccc(-c2ccc(CC[C@@](C)(NC(=O)OC(C)(C)C)C(=O)OCC)cc2)cc1. The van der Waals surface area contributed by atoms with E-state index in [1.165, 1.54) is 24.0 Å². The van der Waals surface area contributed by atoms with Crippen LogP contribution in [0.5, 0.6) is 0 Å². The molecule has 0 saturated carbocycles. The van der Waals surface area contributed by atoms with Crippen molar-refractivity contribution in [2.24, 2.45) is 0 Å². The van der Waals surface area contributed by atoms with Gasteiger partial charge in [0.15, 0.2) is 0 Å². The lowest BCUT2D eigenvalue weighted by Gasteiger charge is -2.30. The zero-order valence-corrected chi connectivity index (χ0v) is 21.0. The number of rotatable bonds is 10. The molecule has 33 heavy (non-hydrogen) atoms. The highest BCUT2D eigenvalue weighted by molar-refractivity contribution is 5.85. The normalized spacial score (nSPS) is 13.2. The van der Waals surface area contributed by atoms with Gasteiger partial charge in [-0.3, -0.25) is 0 Å². The predicted molar refractivity (Wildman–Crippen MR) is 133 cm³/mol. The third kappa shape index (κ3) is 8.56. The summed E-state index contributed by atoms with van der Waals surface area (Å²) in [5.41, 5.74) is 2.97. The van der Waals surface area contributed by atoms with E-state index < -0.39 is 23.2 Å². The van der Waals surface area contributed by atoms with E-state index in [2.05, 4.69) is 60.8 Å². The molecule has 2 rings (SSSR count). The van der Waals surface area contributed by atoms with Crippen molar-refractivity contribution < 1.29 is 19.1 Å². The third-order valence-electron chi connectivity index (χ3n) is 5.48. The summed E-state index contributed by atoms with van der Waals surface area (Å²) < 4.78 is 10.6. The molecular weight excluding hydrogens is 414 g/mol. The molecule has 0 saturated heterocycles. The van der Waals surface area contributed by atoms with Crippen LogP contribution in [0.2, 0.25) is 0 Å². The van der Waals surface area contributed by atoms with Gasteiger partial charge in [-0.15, -0.1) is 0 Å². The van der Waals surface area contributed by atoms with Gasteiger partial charge in [0.05, 0.1) is 6.61 Å². The maximum Gasteiger partial charge on any atom is 0.408 e. The van der Waals surface area contributed by atoms with Gasteiger partial charge in [0.2, 0.25) is 0 Å². The highest BCUT2D eigenvalue weighted by Gasteiger charge is 2.37. The molecule has 0 radical (unpaired) electrons. The van der Waals surface area contributed by atoms with Crippen molar-refractivity contribution in [2.45, 2.75) is 84.8 Å². The lowest BCUT2D eigenvalue weighted by molar-refractivity contribution is -0.150. The number of unbranched alkanes of at least 4 members (excludes halogenated alkanes) is 1. The van der Waals surface area contributed by atoms with E-state index in [9.17, 15) is 9.59 Å². The van der Waals surface area contributed by atoms with E-state index in [1.54, 1.807) is 34.6 Å². The van der Waals surface area contributed by atoms with Crippen LogP contribution in [-0.2, 0) is 27.1 Å². The van der Waals surface area contributed by atoms with Crippen LogP contribution in [-0.4, -0.2) is 29.8 Å². The number of nitrogens with one attached hydrogen (secondary N) is 1. The van der Waals surface area contributed by atoms with Crippen LogP contribution in [0.3, 0.4) is 0 Å². The van der Waals surface area contributed by atoms with Crippen molar-refractivity contribution >= 4 is 12.1 Å². The minimum atomic E-state index is -1.18. The molecule has 0 heterocycles. The zero-order chi connectivity index (χ0) is 24.5. The second kappa shape index (κ2) is 11.9. The predicted octanol–water partition coefficient (Wildman–Crippen LogP) is 6.48. The third-order valence-corrected chi connectivity index (χ3v) is 5.48. The molecule has 0 aromatic heterocycles. The quantitative estimate of drug-likeness (QED) is 0.418. The minimum absolute atomic E-state index is 0.246. The van der Waals surface area contributed by atoms with Crippen LogP contribution in [0.1, 0.15) is 71.9 Å². The number of amides is 1. The summed E-state index contributed by atoms with van der Waals surface area (Å²) in [6, 6.07) is 17.1. The molecule has 0 bridgehead atoms. The lowest BCUT2D eigenvalue weighted by Crippen LogP contribution is -2.54. The van der Waals surface area contributed by atoms with Gasteiger partial charge in [0, 0.05) is 0 Å². The summed E-state index contributed by atoms with van der Waals surface area (Å²) in [6.45, 7) is 11.2. The van der Waals surface area contributed by atoms with Gasteiger partial charge >= 0.3 is 12.1 Å². The van der Waals surface area contributed by atoms with Crippen LogP contribution < -0.4 is 5.32 Å². The molecule has 0 aliphatic heterocycles. The highest BCUT2D eigenvalue weighted by Crippen LogP contribution is 2.23. The van der Waals surface area contributed by atoms with Crippen molar-refractivity contribution in [3.8, 4) is 11.1 Å². The Morgan fingerprint density at radius 2 is 1.33 bits per heavy atom. The summed E-state index contributed by atoms with van der Waals surface area (Å²) in [4.78, 5) is 25.0. The standard InChI is InChI=1S/C28H39NO4/c1-7-9-10-21-11-15-23(16-12-21)24-17-13-22(14-18-24)19-20-28(6,25(30)32-8-2)29-26(31)33-27(3,4)5/h11-18H,7-10,19-20H2,1-6H3,(H,29,31)/t28-/m1/s1. The van der Waals surface area contributed by atoms with Crippen LogP contribution in [0.15, 0.2) is 48.5 Å². The zero-order valence-electron chi connectivity index (χ0n) is 21.0. The molecule has 2 aromatic carbocycles. The molecule has 2 aromatic rings. The topological polar surface area (TPSA) is 64.6 Å². The summed E-state index contributed by atoms with van der Waals surface area (Å²) in [5, 5.41) is 2.73. The Balaban J connectivity index is 2.06. The van der Waals surface area contributed by atoms with Crippen LogP contribution in [0, 0.1) is 0 Å². The van der Waals surface area contributed by atoms with Crippen molar-refractivity contribution in [1.82, 2.24) is 5.32 Å². The Bertz CT molecular complexity index is 897. The van der Waals surface area contributed by atoms with E-state index >= 15 is 0 Å². The Hall–Kier alpha value is -2.82. The van der Waals surface area contributed by atoms with Gasteiger partial charge in [-0.05, 0) is 82.6 Å². The molecular formula is C28H39NO4. The summed E-state index contributed by atoms with van der Waals surface area (Å²) in [7, 11) is 0. The number of hydrogen-bond acceptors (Lipinski definition) is 4. The fraction of sp³-hybridized carbons (Fsp3) is 0.500. The van der Waals surface area contributed by atoms with Crippen molar-refractivity contribution in [1.29, 1.82) is 0 Å². The van der Waals surface area contributed by atoms with Gasteiger partial charge in [-0.2, -0.15) is 0 Å². The van der Waals surface area contributed by atoms with E-state index in [1.807, 2.05) is 0 Å². The number of hydrogen-bond donors (Lipinski definition) is 1. The number of ether oxygens (including phenoxy) is 2. The number of carbonyl (C=O) groups is 2. The van der Waals surface area contributed by atoms with E-state index in [-0.39, 0.29) is 6.61 Å². The van der Waals surface area contributed by atoms with Gasteiger partial charge in [-0.1, -0.05) is 61.9 Å². The van der Waals surface area contributed by atoms with E-state index in [0.29, 0.717) is 12.8 Å². The molecule has 1 atom stereocenters. The van der Waals surface area contributed by atoms with E-state index in [0.717, 1.165) is 17.5 Å². The van der Waals surface area contributed by atoms with Crippen molar-refractivity contribution in [2.75, 3.05) is 6.61 Å². The molecule has 0 unspecified atom stereocenters. The molecule has 1 amide bonds. The van der Waals surface area contributed by atoms with Crippen LogP contribution in [0.25, 0.3) is 11.1 Å². The molecule has 0 fully saturated rings. The first-order valence-electron chi connectivity index (χ1n) is 11.9. The fourth-order valence-corrected chi connectivity index (χ4v) is 3.54. The largest absolute Gasteiger partial charge is 0.464 e. The van der Waals surface area contributed by atoms with Crippen LogP contribution in [0.4, 0.5) is 4.79 Å². The maximum atomic E-state index is 12.6. The van der Waals surface area contributed by atoms with Crippen LogP contribution >= 0.6 is 0 Å². The summed E-state index contributed by atoms with van der Waals surface area (Å²) in [5.74, 6) is -0.462. The molecule has 0 aliphatic carbocycles. The smallest absolute Gasteiger partial charge is 0.408 e. The average molecular weight is 454 g/mol. The molecule has 0 spiro atoms. The Kier molecular flexibility index (Phi) is 9.51. The average Bonchev–Trinajstić information content (AvgIpc) is 2.76. The number of alkyl carbamates (subject to hydrolysis) is 1. The van der Waals surface area contributed by atoms with Crippen molar-refractivity contribution in [3.63, 3.8) is 0 Å². The second-order valence-corrected chi connectivity index (χ2v) is 9.68. The van der Waals surface area contributed by atoms with Gasteiger partial charge < -0.3 is 14.8 Å². The Morgan fingerprint density at radius 3 is 1.79 bits per heavy atom. The molecule has 180 valence electrons. The van der Waals surface area contributed by atoms with Gasteiger partial charge in [0.25, 0.3) is 0 Å². The fourth-order valence-electron chi connectivity index (χ4n) is 3.54. The maximum absolute atomic E-state index is 12.6. The Morgan fingerprint density at radius 1 is 0.818 bits per heavy atom. The molecule has 0 aliphatic rings. The first kappa shape index (κ1) is 26.4. The monoisotopic (exact) mass is 453 g/mol. The van der Waals surface area contributed by atoms with Crippen molar-refractivity contribution in [3.05, 3.63) is 59.7 Å². The number of esters is 1. The molecule has 5 nitrogen and oxygen atoms in total. The second-order valence-electron chi connectivity index (χ2n) is 9.68. The molecule has 5 heteroatoms. The highest BCUT2D eigenvalue weighted by atomic mass is 16.6. The Labute approximate surface area is 198 Å². The first-order chi connectivity index (χ1) is 15.6. The number of aryl methyl sites for hydroxylation is 2. The number of benzene rings is 2. The molecule has 1 N–H and O–H groups in total. The van der Waals surface area contributed by atoms with Gasteiger partial charge in [0.1, 0.15) is 11.1 Å². The minimum Gasteiger partial charge on any atom is -0.464 e. The number of carbonyl (C=O) groups excluding carboxylic acids is 2. The summed E-state index contributed by atoms with van der Waals surface area (Å²) in [6.07, 6.45) is 3.91. The lowest BCUT2D eigenvalue weighted by atomic mass is 9.92. The summed E-state index contributed by atoms with van der Waals surface area (Å²) >= 11 is 0.